The van der Waals surface area contributed by atoms with E-state index in [1.165, 1.54) is 6.92 Å². The fourth-order valence-corrected chi connectivity index (χ4v) is 6.00. The summed E-state index contributed by atoms with van der Waals surface area (Å²) in [6.07, 6.45) is 0.780. The van der Waals surface area contributed by atoms with E-state index in [1.54, 1.807) is 32.4 Å². The van der Waals surface area contributed by atoms with Gasteiger partial charge >= 0.3 is 11.9 Å². The third kappa shape index (κ3) is 6.72. The lowest BCUT2D eigenvalue weighted by Crippen LogP contribution is -2.36. The van der Waals surface area contributed by atoms with E-state index in [-0.39, 0.29) is 30.5 Å². The molecule has 0 amide bonds. The Morgan fingerprint density at radius 3 is 2.24 bits per heavy atom. The van der Waals surface area contributed by atoms with Crippen LogP contribution in [0.5, 0.6) is 23.0 Å². The maximum Gasteiger partial charge on any atom is 0.337 e. The van der Waals surface area contributed by atoms with Crippen molar-refractivity contribution >= 4 is 17.7 Å². The Kier molecular flexibility index (Phi) is 9.56. The fourth-order valence-electron chi connectivity index (χ4n) is 6.00. The van der Waals surface area contributed by atoms with Crippen LogP contribution in [0, 0.1) is 0 Å². The summed E-state index contributed by atoms with van der Waals surface area (Å²) < 4.78 is 27.9. The Morgan fingerprint density at radius 2 is 1.56 bits per heavy atom. The minimum atomic E-state index is -0.728. The molecule has 0 saturated carbocycles. The van der Waals surface area contributed by atoms with Gasteiger partial charge in [-0.15, -0.1) is 0 Å². The zero-order chi connectivity index (χ0) is 32.1. The van der Waals surface area contributed by atoms with E-state index in [1.807, 2.05) is 62.4 Å². The van der Waals surface area contributed by atoms with Crippen LogP contribution < -0.4 is 24.3 Å². The molecule has 2 atom stereocenters. The molecule has 2 aliphatic rings. The number of benzene rings is 3. The number of carbonyl (C=O) groups excluding carboxylic acids is 3. The van der Waals surface area contributed by atoms with Gasteiger partial charge in [0, 0.05) is 36.2 Å². The minimum absolute atomic E-state index is 0.0833. The van der Waals surface area contributed by atoms with E-state index in [9.17, 15) is 14.4 Å². The predicted molar refractivity (Wildman–Crippen MR) is 167 cm³/mol. The van der Waals surface area contributed by atoms with Crippen molar-refractivity contribution in [2.45, 2.75) is 52.1 Å². The van der Waals surface area contributed by atoms with Gasteiger partial charge in [0.1, 0.15) is 6.61 Å². The highest BCUT2D eigenvalue weighted by Gasteiger charge is 2.42. The summed E-state index contributed by atoms with van der Waals surface area (Å²) in [5.41, 5.74) is 4.63. The molecule has 5 rings (SSSR count). The Labute approximate surface area is 262 Å². The smallest absolute Gasteiger partial charge is 0.337 e. The molecule has 0 fully saturated rings. The molecule has 1 aliphatic heterocycles. The Balaban J connectivity index is 1.56. The normalized spacial score (nSPS) is 17.7. The number of ether oxygens (including phenoxy) is 5. The van der Waals surface area contributed by atoms with Gasteiger partial charge in [0.2, 0.25) is 0 Å². The van der Waals surface area contributed by atoms with E-state index in [0.717, 1.165) is 16.8 Å². The van der Waals surface area contributed by atoms with Crippen LogP contribution in [0.1, 0.15) is 62.1 Å². The third-order valence-corrected chi connectivity index (χ3v) is 7.99. The van der Waals surface area contributed by atoms with Crippen LogP contribution >= 0.6 is 0 Å². The topological polar surface area (TPSA) is 109 Å². The molecule has 0 radical (unpaired) electrons. The first kappa shape index (κ1) is 31.4. The number of hydrogen-bond acceptors (Lipinski definition) is 9. The van der Waals surface area contributed by atoms with Gasteiger partial charge in [-0.3, -0.25) is 9.59 Å². The van der Waals surface area contributed by atoms with Crippen molar-refractivity contribution in [1.82, 2.24) is 5.32 Å². The number of esters is 2. The van der Waals surface area contributed by atoms with E-state index in [0.29, 0.717) is 52.7 Å². The molecular formula is C36H37NO8. The lowest BCUT2D eigenvalue weighted by Gasteiger charge is -2.37. The molecule has 0 aromatic heterocycles. The van der Waals surface area contributed by atoms with Crippen molar-refractivity contribution in [1.29, 1.82) is 0 Å². The van der Waals surface area contributed by atoms with Gasteiger partial charge in [-0.05, 0) is 67.1 Å². The summed E-state index contributed by atoms with van der Waals surface area (Å²) in [7, 11) is 3.16. The number of rotatable bonds is 10. The minimum Gasteiger partial charge on any atom is -0.493 e. The number of methoxy groups -OCH3 is 2. The van der Waals surface area contributed by atoms with E-state index >= 15 is 0 Å². The van der Waals surface area contributed by atoms with Gasteiger partial charge in [-0.2, -0.15) is 0 Å². The van der Waals surface area contributed by atoms with Crippen molar-refractivity contribution in [3.05, 3.63) is 106 Å². The second kappa shape index (κ2) is 13.7. The summed E-state index contributed by atoms with van der Waals surface area (Å²) in [6.45, 7) is 5.36. The quantitative estimate of drug-likeness (QED) is 0.214. The monoisotopic (exact) mass is 611 g/mol. The molecule has 1 aliphatic carbocycles. The largest absolute Gasteiger partial charge is 0.493 e. The van der Waals surface area contributed by atoms with Crippen molar-refractivity contribution < 1.29 is 38.1 Å². The molecular weight excluding hydrogens is 574 g/mol. The Bertz CT molecular complexity index is 1670. The van der Waals surface area contributed by atoms with Crippen LogP contribution in [0.25, 0.3) is 0 Å². The molecule has 1 N–H and O–H groups in total. The zero-order valence-corrected chi connectivity index (χ0v) is 26.1. The standard InChI is InChI=1S/C36H37NO8/c1-6-43-32-19-25(13-15-30(32)45-22(3)38)34-33(36(40)44-20-23-10-8-7-9-11-23)21(2)37-27-16-26(17-28(39)35(27)34)24-12-14-29(41-4)31(18-24)42-5/h7-15,18-19,26,34,37H,6,16-17,20H2,1-5H3/t26-,34+/m1/s1. The highest BCUT2D eigenvalue weighted by Crippen LogP contribution is 2.47. The second-order valence-electron chi connectivity index (χ2n) is 10.9. The maximum absolute atomic E-state index is 14.1. The number of ketones is 1. The number of hydrogen-bond donors (Lipinski definition) is 1. The molecule has 45 heavy (non-hydrogen) atoms. The fraction of sp³-hybridized carbons (Fsp3) is 0.306. The number of Topliss-reactive ketones (excluding diaryl/α,β-unsaturated/α-hetero) is 1. The van der Waals surface area contributed by atoms with Gasteiger partial charge in [-0.25, -0.2) is 4.79 Å². The lowest BCUT2D eigenvalue weighted by atomic mass is 9.71. The van der Waals surface area contributed by atoms with E-state index < -0.39 is 17.9 Å². The maximum atomic E-state index is 14.1. The first-order chi connectivity index (χ1) is 21.7. The highest BCUT2D eigenvalue weighted by molar-refractivity contribution is 6.04. The van der Waals surface area contributed by atoms with Crippen LogP contribution in [-0.2, 0) is 25.7 Å². The average Bonchev–Trinajstić information content (AvgIpc) is 3.03. The summed E-state index contributed by atoms with van der Waals surface area (Å²) in [5.74, 6) is -0.149. The van der Waals surface area contributed by atoms with E-state index in [4.69, 9.17) is 23.7 Å². The molecule has 9 heteroatoms. The molecule has 3 aromatic carbocycles. The van der Waals surface area contributed by atoms with Crippen molar-refractivity contribution in [2.75, 3.05) is 20.8 Å². The van der Waals surface area contributed by atoms with Crippen molar-refractivity contribution in [2.24, 2.45) is 0 Å². The summed E-state index contributed by atoms with van der Waals surface area (Å²) in [4.78, 5) is 39.7. The van der Waals surface area contributed by atoms with Crippen molar-refractivity contribution in [3.8, 4) is 23.0 Å². The van der Waals surface area contributed by atoms with Crippen molar-refractivity contribution in [3.63, 3.8) is 0 Å². The molecule has 9 nitrogen and oxygen atoms in total. The summed E-state index contributed by atoms with van der Waals surface area (Å²) in [6, 6.07) is 20.2. The predicted octanol–water partition coefficient (Wildman–Crippen LogP) is 6.13. The number of dihydropyridines is 1. The first-order valence-electron chi connectivity index (χ1n) is 14.9. The van der Waals surface area contributed by atoms with Gasteiger partial charge in [0.05, 0.1) is 26.4 Å². The summed E-state index contributed by atoms with van der Waals surface area (Å²) in [5, 5.41) is 3.39. The van der Waals surface area contributed by atoms with Gasteiger partial charge in [0.15, 0.2) is 28.8 Å². The molecule has 0 unspecified atom stereocenters. The van der Waals surface area contributed by atoms with Gasteiger partial charge in [-0.1, -0.05) is 42.5 Å². The van der Waals surface area contributed by atoms with Crippen LogP contribution in [-0.4, -0.2) is 38.5 Å². The number of nitrogens with one attached hydrogen (secondary N) is 1. The van der Waals surface area contributed by atoms with Crippen LogP contribution in [0.3, 0.4) is 0 Å². The third-order valence-electron chi connectivity index (χ3n) is 7.99. The molecule has 3 aromatic rings. The number of carbonyl (C=O) groups is 3. The molecule has 0 saturated heterocycles. The van der Waals surface area contributed by atoms with Crippen LogP contribution in [0.15, 0.2) is 89.3 Å². The summed E-state index contributed by atoms with van der Waals surface area (Å²) >= 11 is 0. The highest BCUT2D eigenvalue weighted by atomic mass is 16.6. The lowest BCUT2D eigenvalue weighted by molar-refractivity contribution is -0.140. The SMILES string of the molecule is CCOc1cc([C@H]2C(C(=O)OCc3ccccc3)=C(C)NC3=C2C(=O)C[C@H](c2ccc(OC)c(OC)c2)C3)ccc1OC(C)=O. The molecule has 0 spiro atoms. The Hall–Kier alpha value is -5.05. The Morgan fingerprint density at radius 1 is 0.867 bits per heavy atom. The second-order valence-corrected chi connectivity index (χ2v) is 10.9. The van der Waals surface area contributed by atoms with Gasteiger partial charge < -0.3 is 29.0 Å². The molecule has 1 heterocycles. The van der Waals surface area contributed by atoms with Crippen LogP contribution in [0.4, 0.5) is 0 Å². The average molecular weight is 612 g/mol. The van der Waals surface area contributed by atoms with Gasteiger partial charge in [0.25, 0.3) is 0 Å². The number of allylic oxidation sites excluding steroid dienone is 3. The first-order valence-corrected chi connectivity index (χ1v) is 14.9. The van der Waals surface area contributed by atoms with Crippen LogP contribution in [0.2, 0.25) is 0 Å². The molecule has 0 bridgehead atoms. The molecule has 234 valence electrons. The zero-order valence-electron chi connectivity index (χ0n) is 26.1. The van der Waals surface area contributed by atoms with E-state index in [2.05, 4.69) is 5.32 Å².